The van der Waals surface area contributed by atoms with Gasteiger partial charge in [0.05, 0.1) is 6.54 Å². The lowest BCUT2D eigenvalue weighted by atomic mass is 10.4. The zero-order valence-electron chi connectivity index (χ0n) is 3.39. The van der Waals surface area contributed by atoms with Crippen LogP contribution >= 0.6 is 0 Å². The quantitative estimate of drug-likeness (QED) is 0.418. The van der Waals surface area contributed by atoms with E-state index in [0.29, 0.717) is 0 Å². The molecule has 0 saturated heterocycles. The number of azo groups is 1. The molecule has 2 heteroatoms. The van der Waals surface area contributed by atoms with Crippen LogP contribution in [0.3, 0.4) is 0 Å². The van der Waals surface area contributed by atoms with E-state index in [9.17, 15) is 0 Å². The Kier molecular flexibility index (Phi) is 0.998. The third kappa shape index (κ3) is 0.641. The summed E-state index contributed by atoms with van der Waals surface area (Å²) < 4.78 is 0. The predicted octanol–water partition coefficient (Wildman–Crippen LogP) is 1.16. The first-order valence-corrected chi connectivity index (χ1v) is 1.94. The highest BCUT2D eigenvalue weighted by molar-refractivity contribution is 4.74. The molecule has 0 aliphatic carbocycles. The van der Waals surface area contributed by atoms with Gasteiger partial charge in [0.25, 0.3) is 0 Å². The Morgan fingerprint density at radius 2 is 2.67 bits per heavy atom. The van der Waals surface area contributed by atoms with Crippen molar-refractivity contribution in [3.8, 4) is 0 Å². The van der Waals surface area contributed by atoms with Crippen molar-refractivity contribution in [1.29, 1.82) is 0 Å². The Labute approximate surface area is 36.6 Å². The average Bonchev–Trinajstić information content (AvgIpc) is 1.72. The van der Waals surface area contributed by atoms with E-state index in [2.05, 4.69) is 16.4 Å². The smallest absolute Gasteiger partial charge is 0.108 e. The van der Waals surface area contributed by atoms with Gasteiger partial charge in [-0.2, -0.15) is 10.2 Å². The van der Waals surface area contributed by atoms with Gasteiger partial charge in [0.2, 0.25) is 0 Å². The maximum Gasteiger partial charge on any atom is 0.108 e. The number of rotatable bonds is 0. The van der Waals surface area contributed by atoms with E-state index in [4.69, 9.17) is 0 Å². The van der Waals surface area contributed by atoms with Crippen LogP contribution in [0.1, 0.15) is 6.42 Å². The van der Waals surface area contributed by atoms with Gasteiger partial charge in [0.1, 0.15) is 6.20 Å². The summed E-state index contributed by atoms with van der Waals surface area (Å²) in [4.78, 5) is 0. The maximum atomic E-state index is 3.66. The van der Waals surface area contributed by atoms with Crippen LogP contribution in [0.2, 0.25) is 0 Å². The number of hydrogen-bond acceptors (Lipinski definition) is 2. The first-order valence-electron chi connectivity index (χ1n) is 1.94. The second kappa shape index (κ2) is 1.70. The van der Waals surface area contributed by atoms with E-state index < -0.39 is 0 Å². The van der Waals surface area contributed by atoms with Crippen molar-refractivity contribution in [1.82, 2.24) is 0 Å². The Hall–Kier alpha value is -0.660. The van der Waals surface area contributed by atoms with Crippen molar-refractivity contribution in [3.05, 3.63) is 12.3 Å². The molecule has 1 radical (unpaired) electrons. The van der Waals surface area contributed by atoms with E-state index in [1.165, 1.54) is 0 Å². The molecule has 6 heavy (non-hydrogen) atoms. The molecule has 1 aliphatic rings. The first-order chi connectivity index (χ1) is 3.00. The Morgan fingerprint density at radius 3 is 2.83 bits per heavy atom. The molecular formula is C4H5N2. The summed E-state index contributed by atoms with van der Waals surface area (Å²) in [6, 6.07) is 0. The maximum absolute atomic E-state index is 3.66. The van der Waals surface area contributed by atoms with Crippen molar-refractivity contribution in [2.45, 2.75) is 6.42 Å². The molecule has 0 unspecified atom stereocenters. The normalized spacial score (nSPS) is 18.7. The minimum atomic E-state index is 0.840. The van der Waals surface area contributed by atoms with E-state index in [0.717, 1.165) is 13.0 Å². The highest BCUT2D eigenvalue weighted by Crippen LogP contribution is 1.91. The fraction of sp³-hybridized carbons (Fsp3) is 0.500. The lowest BCUT2D eigenvalue weighted by molar-refractivity contribution is 0.877. The van der Waals surface area contributed by atoms with Crippen molar-refractivity contribution < 1.29 is 0 Å². The highest BCUT2D eigenvalue weighted by Gasteiger charge is 1.80. The molecule has 0 aromatic carbocycles. The molecule has 2 nitrogen and oxygen atoms in total. The zero-order valence-corrected chi connectivity index (χ0v) is 3.39. The van der Waals surface area contributed by atoms with Crippen molar-refractivity contribution in [3.63, 3.8) is 0 Å². The van der Waals surface area contributed by atoms with Gasteiger partial charge in [-0.25, -0.2) is 0 Å². The second-order valence-electron chi connectivity index (χ2n) is 1.09. The molecule has 0 bridgehead atoms. The average molecular weight is 81.1 g/mol. The topological polar surface area (TPSA) is 24.7 Å². The molecule has 0 saturated carbocycles. The molecule has 0 atom stereocenters. The third-order valence-corrected chi connectivity index (χ3v) is 0.593. The van der Waals surface area contributed by atoms with Crippen molar-refractivity contribution in [2.75, 3.05) is 6.54 Å². The van der Waals surface area contributed by atoms with Gasteiger partial charge >= 0.3 is 0 Å². The van der Waals surface area contributed by atoms with Crippen LogP contribution in [0.25, 0.3) is 0 Å². The molecule has 0 spiro atoms. The van der Waals surface area contributed by atoms with Gasteiger partial charge < -0.3 is 0 Å². The highest BCUT2D eigenvalue weighted by atomic mass is 15.1. The lowest BCUT2D eigenvalue weighted by Crippen LogP contribution is -1.77. The molecule has 0 aromatic rings. The molecule has 31 valence electrons. The predicted molar refractivity (Wildman–Crippen MR) is 22.2 cm³/mol. The molecule has 0 fully saturated rings. The minimum Gasteiger partial charge on any atom is -0.188 e. The minimum absolute atomic E-state index is 0.840. The number of hydrogen-bond donors (Lipinski definition) is 0. The van der Waals surface area contributed by atoms with Gasteiger partial charge in [0.15, 0.2) is 0 Å². The van der Waals surface area contributed by atoms with Crippen molar-refractivity contribution >= 4 is 0 Å². The van der Waals surface area contributed by atoms with Crippen LogP contribution < -0.4 is 0 Å². The van der Waals surface area contributed by atoms with E-state index in [1.54, 1.807) is 0 Å². The molecule has 0 N–H and O–H groups in total. The molecule has 1 rings (SSSR count). The Balaban J connectivity index is 2.46. The SMILES string of the molecule is [C]1=CCCN=N1. The molecule has 0 aromatic heterocycles. The van der Waals surface area contributed by atoms with E-state index in [1.807, 2.05) is 6.08 Å². The Morgan fingerprint density at radius 1 is 1.67 bits per heavy atom. The summed E-state index contributed by atoms with van der Waals surface area (Å²) in [5.41, 5.74) is 0. The fourth-order valence-corrected chi connectivity index (χ4v) is 0.318. The van der Waals surface area contributed by atoms with Gasteiger partial charge in [-0.05, 0) is 6.42 Å². The molecule has 0 amide bonds. The summed E-state index contributed by atoms with van der Waals surface area (Å²) in [7, 11) is 0. The summed E-state index contributed by atoms with van der Waals surface area (Å²) in [5.74, 6) is 0. The van der Waals surface area contributed by atoms with E-state index in [-0.39, 0.29) is 0 Å². The molecule has 1 heterocycles. The van der Waals surface area contributed by atoms with Crippen LogP contribution in [-0.2, 0) is 0 Å². The van der Waals surface area contributed by atoms with Crippen LogP contribution in [0, 0.1) is 6.20 Å². The van der Waals surface area contributed by atoms with Gasteiger partial charge in [-0.1, -0.05) is 6.08 Å². The van der Waals surface area contributed by atoms with E-state index >= 15 is 0 Å². The third-order valence-electron chi connectivity index (χ3n) is 0.593. The fourth-order valence-electron chi connectivity index (χ4n) is 0.318. The van der Waals surface area contributed by atoms with Gasteiger partial charge in [0, 0.05) is 0 Å². The number of nitrogens with zero attached hydrogens (tertiary/aromatic N) is 2. The zero-order chi connectivity index (χ0) is 4.24. The van der Waals surface area contributed by atoms with Crippen LogP contribution in [-0.4, -0.2) is 6.54 Å². The standard InChI is InChI=1S/C4H5N2/c1-2-4-6-5-3-1/h1H,2,4H2. The van der Waals surface area contributed by atoms with Crippen molar-refractivity contribution in [2.24, 2.45) is 10.2 Å². The first kappa shape index (κ1) is 3.53. The van der Waals surface area contributed by atoms with Crippen LogP contribution in [0.15, 0.2) is 16.3 Å². The molecular weight excluding hydrogens is 76.1 g/mol. The second-order valence-corrected chi connectivity index (χ2v) is 1.09. The lowest BCUT2D eigenvalue weighted by Gasteiger charge is -1.86. The van der Waals surface area contributed by atoms with Crippen LogP contribution in [0.4, 0.5) is 0 Å². The largest absolute Gasteiger partial charge is 0.188 e. The Bertz CT molecular complexity index is 71.5. The summed E-state index contributed by atoms with van der Waals surface area (Å²) in [6.07, 6.45) is 5.50. The molecule has 1 aliphatic heterocycles. The summed E-state index contributed by atoms with van der Waals surface area (Å²) >= 11 is 0. The van der Waals surface area contributed by atoms with Crippen LogP contribution in [0.5, 0.6) is 0 Å². The van der Waals surface area contributed by atoms with Gasteiger partial charge in [-0.15, -0.1) is 0 Å². The summed E-state index contributed by atoms with van der Waals surface area (Å²) in [5, 5.41) is 7.16. The van der Waals surface area contributed by atoms with Gasteiger partial charge in [-0.3, -0.25) is 0 Å². The monoisotopic (exact) mass is 81.0 g/mol. The summed E-state index contributed by atoms with van der Waals surface area (Å²) in [6.45, 7) is 0.840.